The van der Waals surface area contributed by atoms with E-state index in [1.165, 1.54) is 10.5 Å². The van der Waals surface area contributed by atoms with Gasteiger partial charge in [0.2, 0.25) is 5.91 Å². The largest absolute Gasteiger partial charge is 0.492 e. The van der Waals surface area contributed by atoms with Gasteiger partial charge < -0.3 is 15.0 Å². The number of nitrogens with zero attached hydrogens (tertiary/aromatic N) is 1. The molecule has 0 saturated carbocycles. The summed E-state index contributed by atoms with van der Waals surface area (Å²) in [5.74, 6) is 0.872. The van der Waals surface area contributed by atoms with Crippen LogP contribution < -0.4 is 10.1 Å². The number of amides is 2. The summed E-state index contributed by atoms with van der Waals surface area (Å²) < 4.78 is 5.62. The van der Waals surface area contributed by atoms with Gasteiger partial charge in [0.25, 0.3) is 5.91 Å². The van der Waals surface area contributed by atoms with E-state index in [0.717, 1.165) is 5.75 Å². The predicted molar refractivity (Wildman–Crippen MR) is 102 cm³/mol. The number of carbonyl (C=O) groups excluding carboxylic acids is 2. The minimum Gasteiger partial charge on any atom is -0.492 e. The molecule has 0 aromatic heterocycles. The van der Waals surface area contributed by atoms with Gasteiger partial charge in [-0.05, 0) is 35.7 Å². The summed E-state index contributed by atoms with van der Waals surface area (Å²) >= 11 is 0. The topological polar surface area (TPSA) is 58.6 Å². The first kappa shape index (κ1) is 19.5. The van der Waals surface area contributed by atoms with E-state index in [2.05, 4.69) is 19.2 Å². The molecule has 5 nitrogen and oxygen atoms in total. The summed E-state index contributed by atoms with van der Waals surface area (Å²) in [6, 6.07) is 16.9. The third-order valence-corrected chi connectivity index (χ3v) is 3.99. The molecule has 2 amide bonds. The van der Waals surface area contributed by atoms with E-state index < -0.39 is 0 Å². The van der Waals surface area contributed by atoms with Crippen molar-refractivity contribution in [2.45, 2.75) is 19.8 Å². The van der Waals surface area contributed by atoms with Crippen molar-refractivity contribution >= 4 is 11.8 Å². The van der Waals surface area contributed by atoms with Gasteiger partial charge in [-0.2, -0.15) is 0 Å². The molecule has 0 aliphatic carbocycles. The normalized spacial score (nSPS) is 10.5. The third-order valence-electron chi connectivity index (χ3n) is 3.99. The van der Waals surface area contributed by atoms with Gasteiger partial charge >= 0.3 is 0 Å². The van der Waals surface area contributed by atoms with Crippen molar-refractivity contribution in [2.75, 3.05) is 26.7 Å². The first-order chi connectivity index (χ1) is 12.5. The molecule has 0 radical (unpaired) electrons. The summed E-state index contributed by atoms with van der Waals surface area (Å²) in [6.07, 6.45) is 0. The lowest BCUT2D eigenvalue weighted by molar-refractivity contribution is -0.121. The zero-order valence-electron chi connectivity index (χ0n) is 15.6. The van der Waals surface area contributed by atoms with E-state index in [4.69, 9.17) is 4.74 Å². The lowest BCUT2D eigenvalue weighted by Gasteiger charge is -2.17. The second kappa shape index (κ2) is 9.61. The molecule has 5 heteroatoms. The van der Waals surface area contributed by atoms with Crippen molar-refractivity contribution in [2.24, 2.45) is 0 Å². The quantitative estimate of drug-likeness (QED) is 0.741. The highest BCUT2D eigenvalue weighted by atomic mass is 16.5. The van der Waals surface area contributed by atoms with Crippen LogP contribution in [-0.2, 0) is 4.79 Å². The maximum Gasteiger partial charge on any atom is 0.254 e. The van der Waals surface area contributed by atoms with Crippen LogP contribution in [0, 0.1) is 0 Å². The molecule has 138 valence electrons. The molecule has 0 aliphatic heterocycles. The Hall–Kier alpha value is -2.82. The fourth-order valence-corrected chi connectivity index (χ4v) is 2.45. The van der Waals surface area contributed by atoms with E-state index in [1.807, 2.05) is 30.3 Å². The van der Waals surface area contributed by atoms with E-state index in [0.29, 0.717) is 24.6 Å². The number of carbonyl (C=O) groups is 2. The zero-order valence-corrected chi connectivity index (χ0v) is 15.6. The number of rotatable bonds is 8. The van der Waals surface area contributed by atoms with Crippen LogP contribution >= 0.6 is 0 Å². The van der Waals surface area contributed by atoms with Crippen molar-refractivity contribution in [3.8, 4) is 5.75 Å². The minimum absolute atomic E-state index is 0.0107. The Balaban J connectivity index is 1.69. The Bertz CT molecular complexity index is 712. The molecule has 0 atom stereocenters. The maximum atomic E-state index is 12.2. The molecular weight excluding hydrogens is 328 g/mol. The summed E-state index contributed by atoms with van der Waals surface area (Å²) in [5, 5.41) is 2.76. The van der Waals surface area contributed by atoms with E-state index >= 15 is 0 Å². The standard InChI is InChI=1S/C21H26N2O3/c1-16(2)17-9-11-19(12-10-17)26-14-13-22-20(24)15-23(3)21(25)18-7-5-4-6-8-18/h4-12,16H,13-15H2,1-3H3,(H,22,24). The van der Waals surface area contributed by atoms with Crippen molar-refractivity contribution in [1.29, 1.82) is 0 Å². The highest BCUT2D eigenvalue weighted by molar-refractivity contribution is 5.96. The molecule has 2 rings (SSSR count). The van der Waals surface area contributed by atoms with Crippen LogP contribution in [0.5, 0.6) is 5.75 Å². The third kappa shape index (κ3) is 5.92. The van der Waals surface area contributed by atoms with Gasteiger partial charge in [-0.15, -0.1) is 0 Å². The molecule has 0 bridgehead atoms. The van der Waals surface area contributed by atoms with Gasteiger partial charge in [0, 0.05) is 12.6 Å². The SMILES string of the molecule is CC(C)c1ccc(OCCNC(=O)CN(C)C(=O)c2ccccc2)cc1. The van der Waals surface area contributed by atoms with Gasteiger partial charge in [-0.25, -0.2) is 0 Å². The Kier molecular flexibility index (Phi) is 7.21. The van der Waals surface area contributed by atoms with E-state index in [-0.39, 0.29) is 18.4 Å². The van der Waals surface area contributed by atoms with Crippen LogP contribution in [0.1, 0.15) is 35.7 Å². The number of hydrogen-bond acceptors (Lipinski definition) is 3. The second-order valence-electron chi connectivity index (χ2n) is 6.45. The van der Waals surface area contributed by atoms with Crippen molar-refractivity contribution < 1.29 is 14.3 Å². The lowest BCUT2D eigenvalue weighted by Crippen LogP contribution is -2.39. The molecule has 0 unspecified atom stereocenters. The second-order valence-corrected chi connectivity index (χ2v) is 6.45. The van der Waals surface area contributed by atoms with Crippen LogP contribution in [-0.4, -0.2) is 43.5 Å². The first-order valence-corrected chi connectivity index (χ1v) is 8.77. The Morgan fingerprint density at radius 3 is 2.31 bits per heavy atom. The highest BCUT2D eigenvalue weighted by Crippen LogP contribution is 2.18. The van der Waals surface area contributed by atoms with E-state index in [1.54, 1.807) is 31.3 Å². The molecule has 0 spiro atoms. The summed E-state index contributed by atoms with van der Waals surface area (Å²) in [4.78, 5) is 25.6. The Morgan fingerprint density at radius 1 is 1.04 bits per heavy atom. The van der Waals surface area contributed by atoms with Crippen LogP contribution in [0.15, 0.2) is 54.6 Å². The number of ether oxygens (including phenoxy) is 1. The van der Waals surface area contributed by atoms with Crippen LogP contribution in [0.25, 0.3) is 0 Å². The van der Waals surface area contributed by atoms with Gasteiger partial charge in [0.1, 0.15) is 12.4 Å². The number of benzene rings is 2. The zero-order chi connectivity index (χ0) is 18.9. The molecular formula is C21H26N2O3. The molecule has 0 fully saturated rings. The fraction of sp³-hybridized carbons (Fsp3) is 0.333. The first-order valence-electron chi connectivity index (χ1n) is 8.77. The van der Waals surface area contributed by atoms with Crippen molar-refractivity contribution in [1.82, 2.24) is 10.2 Å². The molecule has 2 aromatic carbocycles. The smallest absolute Gasteiger partial charge is 0.254 e. The van der Waals surface area contributed by atoms with Crippen LogP contribution in [0.4, 0.5) is 0 Å². The van der Waals surface area contributed by atoms with E-state index in [9.17, 15) is 9.59 Å². The number of nitrogens with one attached hydrogen (secondary N) is 1. The maximum absolute atomic E-state index is 12.2. The van der Waals surface area contributed by atoms with Crippen molar-refractivity contribution in [3.05, 3.63) is 65.7 Å². The molecule has 26 heavy (non-hydrogen) atoms. The number of likely N-dealkylation sites (N-methyl/N-ethyl adjacent to an activating group) is 1. The average molecular weight is 354 g/mol. The van der Waals surface area contributed by atoms with Gasteiger partial charge in [0.05, 0.1) is 13.1 Å². The van der Waals surface area contributed by atoms with Gasteiger partial charge in [-0.1, -0.05) is 44.2 Å². The minimum atomic E-state index is -0.212. The summed E-state index contributed by atoms with van der Waals surface area (Å²) in [7, 11) is 1.61. The van der Waals surface area contributed by atoms with Gasteiger partial charge in [-0.3, -0.25) is 9.59 Å². The molecule has 1 N–H and O–H groups in total. The summed E-state index contributed by atoms with van der Waals surface area (Å²) in [5.41, 5.74) is 1.83. The molecule has 0 heterocycles. The molecule has 0 saturated heterocycles. The molecule has 2 aromatic rings. The lowest BCUT2D eigenvalue weighted by atomic mass is 10.0. The van der Waals surface area contributed by atoms with Gasteiger partial charge in [0.15, 0.2) is 0 Å². The highest BCUT2D eigenvalue weighted by Gasteiger charge is 2.14. The van der Waals surface area contributed by atoms with Crippen LogP contribution in [0.2, 0.25) is 0 Å². The Labute approximate surface area is 155 Å². The molecule has 0 aliphatic rings. The predicted octanol–water partition coefficient (Wildman–Crippen LogP) is 3.08. The average Bonchev–Trinajstić information content (AvgIpc) is 2.65. The van der Waals surface area contributed by atoms with Crippen molar-refractivity contribution in [3.63, 3.8) is 0 Å². The Morgan fingerprint density at radius 2 is 1.69 bits per heavy atom. The monoisotopic (exact) mass is 354 g/mol. The summed E-state index contributed by atoms with van der Waals surface area (Å²) in [6.45, 7) is 5.06. The fourth-order valence-electron chi connectivity index (χ4n) is 2.45. The van der Waals surface area contributed by atoms with Crippen LogP contribution in [0.3, 0.4) is 0 Å². The number of hydrogen-bond donors (Lipinski definition) is 1.